The molecule has 0 radical (unpaired) electrons. The van der Waals surface area contributed by atoms with Crippen molar-refractivity contribution in [3.63, 3.8) is 0 Å². The average Bonchev–Trinajstić information content (AvgIpc) is 2.57. The van der Waals surface area contributed by atoms with Gasteiger partial charge in [0.15, 0.2) is 0 Å². The number of hydrogen-bond acceptors (Lipinski definition) is 3. The van der Waals surface area contributed by atoms with Gasteiger partial charge in [0.1, 0.15) is 0 Å². The molecule has 0 aromatic rings. The van der Waals surface area contributed by atoms with Crippen LogP contribution in [0.15, 0.2) is 0 Å². The molecule has 0 spiro atoms. The van der Waals surface area contributed by atoms with Crippen LogP contribution in [0.1, 0.15) is 95.4 Å². The molecule has 2 fully saturated rings. The van der Waals surface area contributed by atoms with Gasteiger partial charge in [-0.2, -0.15) is 0 Å². The largest absolute Gasteiger partial charge is 0.307 e. The highest BCUT2D eigenvalue weighted by atomic mass is 15.2. The van der Waals surface area contributed by atoms with Crippen molar-refractivity contribution >= 4 is 0 Å². The van der Waals surface area contributed by atoms with E-state index in [1.54, 1.807) is 0 Å². The number of piperidine rings is 2. The van der Waals surface area contributed by atoms with E-state index >= 15 is 0 Å². The standard InChI is InChI=1S/C9H19N.C8H17N.C5H13N.2CH4/c1-8(2)10-6-4-9(3)5-7-10;1-8(2)9-6-4-3-5-7-9;1-5(2)6(3)4;;/h8-9H,4-7H2,1-3H3;8H,3-7H2,1-2H3;5H,1-4H3;2*1H4. The van der Waals surface area contributed by atoms with Gasteiger partial charge < -0.3 is 14.7 Å². The molecule has 3 nitrogen and oxygen atoms in total. The fourth-order valence-corrected chi connectivity index (χ4v) is 2.98. The summed E-state index contributed by atoms with van der Waals surface area (Å²) in [6.45, 7) is 21.1. The molecule has 0 saturated carbocycles. The maximum atomic E-state index is 2.57. The summed E-state index contributed by atoms with van der Waals surface area (Å²) >= 11 is 0. The van der Waals surface area contributed by atoms with Crippen LogP contribution in [0.3, 0.4) is 0 Å². The zero-order chi connectivity index (χ0) is 19.4. The van der Waals surface area contributed by atoms with Crippen LogP contribution in [0.2, 0.25) is 0 Å². The molecule has 2 rings (SSSR count). The highest BCUT2D eigenvalue weighted by Gasteiger charge is 2.16. The lowest BCUT2D eigenvalue weighted by Crippen LogP contribution is -2.37. The zero-order valence-corrected chi connectivity index (χ0v) is 19.0. The molecule has 2 heterocycles. The van der Waals surface area contributed by atoms with Crippen molar-refractivity contribution in [3.05, 3.63) is 0 Å². The van der Waals surface area contributed by atoms with E-state index in [9.17, 15) is 0 Å². The molecule has 0 bridgehead atoms. The van der Waals surface area contributed by atoms with Crippen LogP contribution in [0.4, 0.5) is 0 Å². The monoisotopic (exact) mass is 387 g/mol. The van der Waals surface area contributed by atoms with Crippen LogP contribution in [-0.4, -0.2) is 73.1 Å². The summed E-state index contributed by atoms with van der Waals surface area (Å²) in [6.07, 6.45) is 7.08. The minimum atomic E-state index is 0. The summed E-state index contributed by atoms with van der Waals surface area (Å²) in [5.41, 5.74) is 0. The molecule has 0 aliphatic carbocycles. The first-order valence-electron chi connectivity index (χ1n) is 10.8. The second-order valence-electron chi connectivity index (χ2n) is 9.06. The van der Waals surface area contributed by atoms with Gasteiger partial charge in [-0.05, 0) is 113 Å². The molecule has 0 aromatic carbocycles. The minimum absolute atomic E-state index is 0. The predicted octanol–water partition coefficient (Wildman–Crippen LogP) is 6.24. The quantitative estimate of drug-likeness (QED) is 0.568. The highest BCUT2D eigenvalue weighted by molar-refractivity contribution is 4.71. The smallest absolute Gasteiger partial charge is 0.00385 e. The van der Waals surface area contributed by atoms with E-state index in [0.717, 1.165) is 18.0 Å². The first-order chi connectivity index (χ1) is 11.6. The van der Waals surface area contributed by atoms with Gasteiger partial charge in [-0.15, -0.1) is 0 Å². The molecule has 168 valence electrons. The maximum absolute atomic E-state index is 2.57. The molecule has 2 saturated heterocycles. The predicted molar refractivity (Wildman–Crippen MR) is 128 cm³/mol. The SMILES string of the molecule is C.C.CC(C)N(C)C.CC(C)N1CCCCC1.CC1CCN(C(C)C)CC1. The Hall–Kier alpha value is -0.120. The molecule has 27 heavy (non-hydrogen) atoms. The van der Waals surface area contributed by atoms with E-state index in [-0.39, 0.29) is 14.9 Å². The molecule has 0 N–H and O–H groups in total. The van der Waals surface area contributed by atoms with E-state index in [1.165, 1.54) is 58.3 Å². The Balaban J connectivity index is -0.000000318. The van der Waals surface area contributed by atoms with Crippen molar-refractivity contribution in [2.45, 2.75) is 114 Å². The fourth-order valence-electron chi connectivity index (χ4n) is 2.98. The van der Waals surface area contributed by atoms with Crippen LogP contribution in [0.5, 0.6) is 0 Å². The number of hydrogen-bond donors (Lipinski definition) is 0. The highest BCUT2D eigenvalue weighted by Crippen LogP contribution is 2.17. The summed E-state index contributed by atoms with van der Waals surface area (Å²) in [4.78, 5) is 7.30. The van der Waals surface area contributed by atoms with Crippen molar-refractivity contribution in [2.24, 2.45) is 5.92 Å². The molecular formula is C24H57N3. The first kappa shape index (κ1) is 31.6. The molecule has 2 aliphatic rings. The topological polar surface area (TPSA) is 9.72 Å². The Kier molecular flexibility index (Phi) is 21.0. The molecule has 0 atom stereocenters. The third-order valence-corrected chi connectivity index (χ3v) is 5.70. The normalized spacial score (nSPS) is 19.0. The summed E-state index contributed by atoms with van der Waals surface area (Å²) < 4.78 is 0. The van der Waals surface area contributed by atoms with Crippen molar-refractivity contribution in [1.82, 2.24) is 14.7 Å². The summed E-state index contributed by atoms with van der Waals surface area (Å²) in [7, 11) is 4.15. The zero-order valence-electron chi connectivity index (χ0n) is 19.0. The van der Waals surface area contributed by atoms with Crippen LogP contribution in [0, 0.1) is 5.92 Å². The Morgan fingerprint density at radius 2 is 1.00 bits per heavy atom. The third-order valence-electron chi connectivity index (χ3n) is 5.70. The Morgan fingerprint density at radius 1 is 0.667 bits per heavy atom. The maximum Gasteiger partial charge on any atom is 0.00385 e. The third kappa shape index (κ3) is 16.5. The van der Waals surface area contributed by atoms with Crippen molar-refractivity contribution in [1.29, 1.82) is 0 Å². The van der Waals surface area contributed by atoms with E-state index in [0.29, 0.717) is 6.04 Å². The van der Waals surface area contributed by atoms with Crippen LogP contribution in [0.25, 0.3) is 0 Å². The van der Waals surface area contributed by atoms with Gasteiger partial charge in [0, 0.05) is 18.1 Å². The van der Waals surface area contributed by atoms with E-state index in [4.69, 9.17) is 0 Å². The second-order valence-corrected chi connectivity index (χ2v) is 9.06. The molecule has 2 aliphatic heterocycles. The Morgan fingerprint density at radius 3 is 1.26 bits per heavy atom. The van der Waals surface area contributed by atoms with E-state index < -0.39 is 0 Å². The Labute approximate surface area is 174 Å². The summed E-state index contributed by atoms with van der Waals surface area (Å²) in [6, 6.07) is 2.21. The fraction of sp³-hybridized carbons (Fsp3) is 1.00. The van der Waals surface area contributed by atoms with Gasteiger partial charge >= 0.3 is 0 Å². The lowest BCUT2D eigenvalue weighted by Gasteiger charge is -2.33. The molecule has 0 aromatic heterocycles. The Bertz CT molecular complexity index is 280. The van der Waals surface area contributed by atoms with Crippen LogP contribution < -0.4 is 0 Å². The van der Waals surface area contributed by atoms with Crippen molar-refractivity contribution in [2.75, 3.05) is 40.3 Å². The second kappa shape index (κ2) is 17.9. The van der Waals surface area contributed by atoms with Gasteiger partial charge in [-0.3, -0.25) is 0 Å². The molecule has 0 unspecified atom stereocenters. The van der Waals surface area contributed by atoms with Gasteiger partial charge in [-0.25, -0.2) is 0 Å². The van der Waals surface area contributed by atoms with Gasteiger partial charge in [0.25, 0.3) is 0 Å². The van der Waals surface area contributed by atoms with E-state index in [2.05, 4.69) is 77.3 Å². The van der Waals surface area contributed by atoms with Gasteiger partial charge in [0.05, 0.1) is 0 Å². The lowest BCUT2D eigenvalue weighted by atomic mass is 9.98. The molecule has 3 heteroatoms. The first-order valence-corrected chi connectivity index (χ1v) is 10.8. The average molecular weight is 388 g/mol. The lowest BCUT2D eigenvalue weighted by molar-refractivity contribution is 0.156. The molecule has 0 amide bonds. The number of nitrogens with zero attached hydrogens (tertiary/aromatic N) is 3. The summed E-state index contributed by atoms with van der Waals surface area (Å²) in [5, 5.41) is 0. The van der Waals surface area contributed by atoms with Crippen molar-refractivity contribution in [3.8, 4) is 0 Å². The van der Waals surface area contributed by atoms with Gasteiger partial charge in [0.2, 0.25) is 0 Å². The number of rotatable bonds is 3. The van der Waals surface area contributed by atoms with Crippen molar-refractivity contribution < 1.29 is 0 Å². The minimum Gasteiger partial charge on any atom is -0.307 e. The van der Waals surface area contributed by atoms with E-state index in [1.807, 2.05) is 0 Å². The van der Waals surface area contributed by atoms with Crippen LogP contribution in [-0.2, 0) is 0 Å². The van der Waals surface area contributed by atoms with Crippen LogP contribution >= 0.6 is 0 Å². The van der Waals surface area contributed by atoms with Gasteiger partial charge in [-0.1, -0.05) is 28.2 Å². The number of likely N-dealkylation sites (tertiary alicyclic amines) is 2. The molecular weight excluding hydrogens is 330 g/mol. The summed E-state index contributed by atoms with van der Waals surface area (Å²) in [5.74, 6) is 0.968.